The molecule has 1 aliphatic heterocycles. The molecule has 2 heterocycles. The van der Waals surface area contributed by atoms with Crippen LogP contribution in [0, 0.1) is 0 Å². The first-order valence-corrected chi connectivity index (χ1v) is 10.4. The Morgan fingerprint density at radius 3 is 2.42 bits per heavy atom. The lowest BCUT2D eigenvalue weighted by Crippen LogP contribution is -2.34. The van der Waals surface area contributed by atoms with Crippen molar-refractivity contribution in [2.24, 2.45) is 0 Å². The monoisotopic (exact) mass is 409 g/mol. The number of amides is 1. The Morgan fingerprint density at radius 2 is 1.65 bits per heavy atom. The second kappa shape index (κ2) is 7.20. The molecule has 0 saturated carbocycles. The molecule has 154 valence electrons. The fourth-order valence-corrected chi connectivity index (χ4v) is 4.45. The zero-order chi connectivity index (χ0) is 21.6. The number of anilines is 1. The number of hydrogen-bond donors (Lipinski definition) is 1. The number of para-hydroxylation sites is 1. The maximum Gasteiger partial charge on any atom is 0.272 e. The van der Waals surface area contributed by atoms with E-state index in [-0.39, 0.29) is 16.9 Å². The van der Waals surface area contributed by atoms with E-state index in [4.69, 9.17) is 0 Å². The molecule has 0 aliphatic carbocycles. The van der Waals surface area contributed by atoms with Crippen LogP contribution in [0.15, 0.2) is 77.6 Å². The smallest absolute Gasteiger partial charge is 0.272 e. The van der Waals surface area contributed by atoms with Gasteiger partial charge in [-0.3, -0.25) is 9.59 Å². The number of H-pyrrole nitrogens is 1. The van der Waals surface area contributed by atoms with Gasteiger partial charge in [-0.1, -0.05) is 74.5 Å². The van der Waals surface area contributed by atoms with Gasteiger partial charge in [-0.05, 0) is 23.3 Å². The van der Waals surface area contributed by atoms with Gasteiger partial charge < -0.3 is 4.90 Å². The highest BCUT2D eigenvalue weighted by molar-refractivity contribution is 5.98. The molecule has 0 fully saturated rings. The van der Waals surface area contributed by atoms with E-state index in [1.54, 1.807) is 6.07 Å². The molecule has 0 unspecified atom stereocenters. The first-order chi connectivity index (χ1) is 14.9. The van der Waals surface area contributed by atoms with E-state index < -0.39 is 0 Å². The first-order valence-electron chi connectivity index (χ1n) is 10.4. The van der Waals surface area contributed by atoms with Gasteiger partial charge in [-0.2, -0.15) is 5.10 Å². The summed E-state index contributed by atoms with van der Waals surface area (Å²) in [6.07, 6.45) is 0.338. The van der Waals surface area contributed by atoms with Gasteiger partial charge in [0.15, 0.2) is 0 Å². The van der Waals surface area contributed by atoms with Crippen molar-refractivity contribution in [3.05, 3.63) is 94.3 Å². The van der Waals surface area contributed by atoms with E-state index in [0.29, 0.717) is 18.4 Å². The minimum atomic E-state index is -0.199. The molecule has 0 saturated heterocycles. The number of rotatable bonds is 3. The molecule has 1 aromatic heterocycles. The molecule has 1 aliphatic rings. The highest BCUT2D eigenvalue weighted by Gasteiger charge is 2.37. The second-order valence-corrected chi connectivity index (χ2v) is 8.70. The van der Waals surface area contributed by atoms with Crippen LogP contribution in [0.25, 0.3) is 22.0 Å². The molecular weight excluding hydrogens is 386 g/mol. The molecule has 0 atom stereocenters. The Labute approximate surface area is 180 Å². The number of aromatic amines is 1. The summed E-state index contributed by atoms with van der Waals surface area (Å²) in [5.74, 6) is 0.0957. The Bertz CT molecular complexity index is 1350. The second-order valence-electron chi connectivity index (χ2n) is 8.70. The SMILES string of the molecule is CC1(C)CN(C(=O)Cc2ccc(-c3n[nH]c(=O)c4ccccc34)cc2)c2ccccc21. The maximum absolute atomic E-state index is 13.1. The molecule has 1 amide bonds. The van der Waals surface area contributed by atoms with Crippen molar-refractivity contribution < 1.29 is 4.79 Å². The zero-order valence-electron chi connectivity index (χ0n) is 17.6. The lowest BCUT2D eigenvalue weighted by atomic mass is 9.87. The number of carbonyl (C=O) groups excluding carboxylic acids is 1. The molecule has 0 bridgehead atoms. The fourth-order valence-electron chi connectivity index (χ4n) is 4.45. The van der Waals surface area contributed by atoms with Crippen molar-refractivity contribution in [1.82, 2.24) is 10.2 Å². The van der Waals surface area contributed by atoms with Gasteiger partial charge in [0.2, 0.25) is 5.91 Å². The summed E-state index contributed by atoms with van der Waals surface area (Å²) in [7, 11) is 0. The van der Waals surface area contributed by atoms with Crippen molar-refractivity contribution in [1.29, 1.82) is 0 Å². The van der Waals surface area contributed by atoms with Gasteiger partial charge in [-0.15, -0.1) is 0 Å². The van der Waals surface area contributed by atoms with Crippen molar-refractivity contribution in [3.8, 4) is 11.3 Å². The third-order valence-electron chi connectivity index (χ3n) is 6.06. The predicted molar refractivity (Wildman–Crippen MR) is 123 cm³/mol. The number of nitrogens with zero attached hydrogens (tertiary/aromatic N) is 2. The molecule has 4 aromatic rings. The number of hydrogen-bond acceptors (Lipinski definition) is 3. The van der Waals surface area contributed by atoms with Gasteiger partial charge in [0, 0.05) is 28.6 Å². The van der Waals surface area contributed by atoms with E-state index >= 15 is 0 Å². The van der Waals surface area contributed by atoms with E-state index in [9.17, 15) is 9.59 Å². The number of fused-ring (bicyclic) bond motifs is 2. The standard InChI is InChI=1S/C26H23N3O2/c1-26(2)16-29(22-10-6-5-9-21(22)26)23(30)15-17-11-13-18(14-12-17)24-19-7-3-4-8-20(19)25(31)28-27-24/h3-14H,15-16H2,1-2H3,(H,28,31). The van der Waals surface area contributed by atoms with Crippen LogP contribution in [-0.4, -0.2) is 22.6 Å². The zero-order valence-corrected chi connectivity index (χ0v) is 17.6. The highest BCUT2D eigenvalue weighted by atomic mass is 16.2. The maximum atomic E-state index is 13.1. The summed E-state index contributed by atoms with van der Waals surface area (Å²) in [6, 6.07) is 23.4. The van der Waals surface area contributed by atoms with Gasteiger partial charge in [0.1, 0.15) is 0 Å². The van der Waals surface area contributed by atoms with E-state index in [2.05, 4.69) is 30.1 Å². The molecule has 1 N–H and O–H groups in total. The van der Waals surface area contributed by atoms with Crippen LogP contribution < -0.4 is 10.5 Å². The third kappa shape index (κ3) is 3.32. The Kier molecular flexibility index (Phi) is 4.47. The van der Waals surface area contributed by atoms with Crippen LogP contribution in [0.3, 0.4) is 0 Å². The van der Waals surface area contributed by atoms with Crippen molar-refractivity contribution in [2.75, 3.05) is 11.4 Å². The average molecular weight is 409 g/mol. The Morgan fingerprint density at radius 1 is 0.968 bits per heavy atom. The lowest BCUT2D eigenvalue weighted by molar-refractivity contribution is -0.118. The number of carbonyl (C=O) groups is 1. The van der Waals surface area contributed by atoms with E-state index in [1.807, 2.05) is 65.6 Å². The summed E-state index contributed by atoms with van der Waals surface area (Å²) in [5, 5.41) is 8.26. The molecule has 0 spiro atoms. The number of nitrogens with one attached hydrogen (secondary N) is 1. The number of aromatic nitrogens is 2. The largest absolute Gasteiger partial charge is 0.311 e. The molecule has 3 aromatic carbocycles. The topological polar surface area (TPSA) is 66.1 Å². The van der Waals surface area contributed by atoms with Gasteiger partial charge >= 0.3 is 0 Å². The Hall–Kier alpha value is -3.73. The van der Waals surface area contributed by atoms with Crippen LogP contribution in [0.4, 0.5) is 5.69 Å². The van der Waals surface area contributed by atoms with E-state index in [1.165, 1.54) is 5.56 Å². The quantitative estimate of drug-likeness (QED) is 0.543. The predicted octanol–water partition coefficient (Wildman–Crippen LogP) is 4.46. The molecule has 0 radical (unpaired) electrons. The van der Waals surface area contributed by atoms with Crippen LogP contribution in [-0.2, 0) is 16.6 Å². The van der Waals surface area contributed by atoms with Crippen molar-refractivity contribution >= 4 is 22.4 Å². The van der Waals surface area contributed by atoms with Crippen LogP contribution in [0.2, 0.25) is 0 Å². The number of benzene rings is 3. The van der Waals surface area contributed by atoms with Crippen molar-refractivity contribution in [2.45, 2.75) is 25.7 Å². The van der Waals surface area contributed by atoms with Crippen LogP contribution >= 0.6 is 0 Å². The summed E-state index contributed by atoms with van der Waals surface area (Å²) < 4.78 is 0. The fraction of sp³-hybridized carbons (Fsp3) is 0.192. The van der Waals surface area contributed by atoms with Gasteiger partial charge in [-0.25, -0.2) is 5.10 Å². The minimum Gasteiger partial charge on any atom is -0.311 e. The van der Waals surface area contributed by atoms with Crippen LogP contribution in [0.1, 0.15) is 25.0 Å². The highest BCUT2D eigenvalue weighted by Crippen LogP contribution is 2.40. The van der Waals surface area contributed by atoms with Gasteiger partial charge in [0.25, 0.3) is 5.56 Å². The van der Waals surface area contributed by atoms with E-state index in [0.717, 1.165) is 27.9 Å². The first kappa shape index (κ1) is 19.2. The summed E-state index contributed by atoms with van der Waals surface area (Å²) in [6.45, 7) is 5.04. The third-order valence-corrected chi connectivity index (χ3v) is 6.06. The van der Waals surface area contributed by atoms with Crippen LogP contribution in [0.5, 0.6) is 0 Å². The molecule has 5 heteroatoms. The van der Waals surface area contributed by atoms with Crippen molar-refractivity contribution in [3.63, 3.8) is 0 Å². The Balaban J connectivity index is 1.41. The normalized spacial score (nSPS) is 14.6. The average Bonchev–Trinajstić information content (AvgIpc) is 3.06. The summed E-state index contributed by atoms with van der Waals surface area (Å²) >= 11 is 0. The summed E-state index contributed by atoms with van der Waals surface area (Å²) in [5.41, 5.74) is 4.56. The molecular formula is C26H23N3O2. The molecule has 5 rings (SSSR count). The lowest BCUT2D eigenvalue weighted by Gasteiger charge is -2.21. The minimum absolute atomic E-state index is 0.0485. The molecule has 5 nitrogen and oxygen atoms in total. The van der Waals surface area contributed by atoms with Gasteiger partial charge in [0.05, 0.1) is 17.5 Å². The summed E-state index contributed by atoms with van der Waals surface area (Å²) in [4.78, 5) is 27.0. The molecule has 31 heavy (non-hydrogen) atoms.